The van der Waals surface area contributed by atoms with Gasteiger partial charge in [0.15, 0.2) is 0 Å². The Morgan fingerprint density at radius 1 is 1.08 bits per heavy atom. The Labute approximate surface area is 295 Å². The number of anilines is 1. The number of hydrogen-bond acceptors (Lipinski definition) is 9. The first-order chi connectivity index (χ1) is 23.1. The number of nitrogens with zero attached hydrogens (tertiary/aromatic N) is 2. The molecule has 1 aromatic rings. The van der Waals surface area contributed by atoms with E-state index in [1.165, 1.54) is 63.6 Å². The van der Waals surface area contributed by atoms with Crippen LogP contribution in [0.1, 0.15) is 80.5 Å². The Morgan fingerprint density at radius 2 is 1.76 bits per heavy atom. The van der Waals surface area contributed by atoms with Gasteiger partial charge in [0.05, 0.1) is 24.6 Å². The number of rotatable bonds is 17. The summed E-state index contributed by atoms with van der Waals surface area (Å²) in [4.78, 5) is 56.2. The van der Waals surface area contributed by atoms with Gasteiger partial charge >= 0.3 is 5.97 Å². The van der Waals surface area contributed by atoms with E-state index in [2.05, 4.69) is 56.0 Å². The number of amides is 3. The van der Waals surface area contributed by atoms with Gasteiger partial charge in [0.2, 0.25) is 15.9 Å². The van der Waals surface area contributed by atoms with Crippen molar-refractivity contribution in [2.24, 2.45) is 5.73 Å². The molecule has 3 amide bonds. The van der Waals surface area contributed by atoms with Crippen molar-refractivity contribution in [2.45, 2.75) is 77.9 Å². The van der Waals surface area contributed by atoms with E-state index in [4.69, 9.17) is 10.5 Å². The molecule has 2 aliphatic heterocycles. The standard InChI is InChI=1S/C35H51N5O7S2/c1-23(2)9-7-10-24(3)11-8-12-25(4)15-18-48-22-29(35(44)47-5)37-32(41)26-13-14-30-28(19-26)33(42)40-21-27(38-49(6,45)46)20-31(40)34(43)39(30)17-16-36/h9,11,13-15,19,27,29,31,38H,7-8,10,12,16-18,20-22,36H2,1-6H3,(H,37,41)/b24-11+,25-15+/t27-,29-,31-/m0/s1. The van der Waals surface area contributed by atoms with E-state index in [-0.39, 0.29) is 48.8 Å². The largest absolute Gasteiger partial charge is 0.467 e. The molecule has 270 valence electrons. The number of thioether (sulfide) groups is 1. The maximum atomic E-state index is 13.8. The number of carbonyl (C=O) groups is 4. The van der Waals surface area contributed by atoms with Gasteiger partial charge in [-0.25, -0.2) is 17.9 Å². The highest BCUT2D eigenvalue weighted by molar-refractivity contribution is 7.99. The SMILES string of the molecule is COC(=O)[C@H](CSC/C=C(\C)CC/C=C(\C)CCC=C(C)C)NC(=O)c1ccc2c(c1)C(=O)N1C[C@@H](NS(C)(=O)=O)C[C@H]1C(=O)N2CCN. The van der Waals surface area contributed by atoms with E-state index < -0.39 is 45.9 Å². The summed E-state index contributed by atoms with van der Waals surface area (Å²) in [6.45, 7) is 8.71. The third kappa shape index (κ3) is 11.8. The average molecular weight is 718 g/mol. The average Bonchev–Trinajstić information content (AvgIpc) is 3.42. The first kappa shape index (κ1) is 40.0. The van der Waals surface area contributed by atoms with Crippen molar-refractivity contribution in [2.75, 3.05) is 49.4 Å². The first-order valence-corrected chi connectivity index (χ1v) is 19.5. The van der Waals surface area contributed by atoms with Crippen LogP contribution in [0.5, 0.6) is 0 Å². The second-order valence-electron chi connectivity index (χ2n) is 12.9. The number of benzene rings is 1. The predicted molar refractivity (Wildman–Crippen MR) is 195 cm³/mol. The zero-order valence-electron chi connectivity index (χ0n) is 29.4. The molecular weight excluding hydrogens is 667 g/mol. The number of nitrogens with two attached hydrogens (primary N) is 1. The van der Waals surface area contributed by atoms with Crippen molar-refractivity contribution in [3.05, 3.63) is 64.3 Å². The molecule has 2 heterocycles. The smallest absolute Gasteiger partial charge is 0.329 e. The minimum Gasteiger partial charge on any atom is -0.467 e. The van der Waals surface area contributed by atoms with Gasteiger partial charge in [-0.1, -0.05) is 34.9 Å². The van der Waals surface area contributed by atoms with Gasteiger partial charge in [0.1, 0.15) is 12.1 Å². The Morgan fingerprint density at radius 3 is 2.39 bits per heavy atom. The van der Waals surface area contributed by atoms with Crippen molar-refractivity contribution in [1.29, 1.82) is 0 Å². The van der Waals surface area contributed by atoms with Crippen LogP contribution in [0.25, 0.3) is 0 Å². The molecule has 3 rings (SSSR count). The lowest BCUT2D eigenvalue weighted by molar-refractivity contribution is -0.142. The molecule has 14 heteroatoms. The fourth-order valence-corrected chi connectivity index (χ4v) is 7.63. The number of carbonyl (C=O) groups excluding carboxylic acids is 4. The molecule has 0 saturated carbocycles. The van der Waals surface area contributed by atoms with Crippen LogP contribution in [-0.2, 0) is 24.3 Å². The lowest BCUT2D eigenvalue weighted by Gasteiger charge is -2.25. The summed E-state index contributed by atoms with van der Waals surface area (Å²) in [6, 6.07) is 1.96. The highest BCUT2D eigenvalue weighted by atomic mass is 32.2. The van der Waals surface area contributed by atoms with E-state index in [0.717, 1.165) is 31.9 Å². The molecule has 1 aromatic carbocycles. The maximum Gasteiger partial charge on any atom is 0.329 e. The summed E-state index contributed by atoms with van der Waals surface area (Å²) in [5, 5.41) is 2.74. The summed E-state index contributed by atoms with van der Waals surface area (Å²) < 4.78 is 31.2. The van der Waals surface area contributed by atoms with E-state index in [1.54, 1.807) is 0 Å². The van der Waals surface area contributed by atoms with Crippen LogP contribution >= 0.6 is 11.8 Å². The van der Waals surface area contributed by atoms with Crippen LogP contribution in [0.4, 0.5) is 5.69 Å². The number of nitrogens with one attached hydrogen (secondary N) is 2. The van der Waals surface area contributed by atoms with Crippen molar-refractivity contribution >= 4 is 51.2 Å². The fraction of sp³-hybridized carbons (Fsp3) is 0.543. The van der Waals surface area contributed by atoms with E-state index >= 15 is 0 Å². The van der Waals surface area contributed by atoms with Gasteiger partial charge in [-0.15, -0.1) is 0 Å². The zero-order valence-corrected chi connectivity index (χ0v) is 31.0. The second-order valence-corrected chi connectivity index (χ2v) is 15.7. The van der Waals surface area contributed by atoms with Gasteiger partial charge < -0.3 is 25.6 Å². The number of methoxy groups -OCH3 is 1. The summed E-state index contributed by atoms with van der Waals surface area (Å²) in [5.41, 5.74) is 10.3. The minimum absolute atomic E-state index is 0.00283. The number of esters is 1. The molecule has 0 aliphatic carbocycles. The Kier molecular flexibility index (Phi) is 15.1. The number of sulfonamides is 1. The molecule has 3 atom stereocenters. The number of allylic oxidation sites excluding steroid dienone is 5. The molecule has 0 radical (unpaired) electrons. The number of ether oxygens (including phenoxy) is 1. The van der Waals surface area contributed by atoms with Gasteiger partial charge in [0, 0.05) is 42.7 Å². The van der Waals surface area contributed by atoms with Crippen molar-refractivity contribution in [3.8, 4) is 0 Å². The molecule has 0 aromatic heterocycles. The van der Waals surface area contributed by atoms with E-state index in [9.17, 15) is 27.6 Å². The highest BCUT2D eigenvalue weighted by Crippen LogP contribution is 2.33. The fourth-order valence-electron chi connectivity index (χ4n) is 5.86. The normalized spacial score (nSPS) is 18.8. The number of fused-ring (bicyclic) bond motifs is 2. The minimum atomic E-state index is -3.57. The van der Waals surface area contributed by atoms with Gasteiger partial charge in [-0.05, 0) is 78.0 Å². The summed E-state index contributed by atoms with van der Waals surface area (Å²) in [7, 11) is -2.32. The molecule has 0 unspecified atom stereocenters. The quantitative estimate of drug-likeness (QED) is 0.124. The highest BCUT2D eigenvalue weighted by Gasteiger charge is 2.46. The van der Waals surface area contributed by atoms with Crippen LogP contribution < -0.4 is 20.7 Å². The van der Waals surface area contributed by atoms with Crippen LogP contribution in [0.15, 0.2) is 53.1 Å². The van der Waals surface area contributed by atoms with Crippen molar-refractivity contribution in [1.82, 2.24) is 14.9 Å². The molecule has 0 bridgehead atoms. The molecular formula is C35H51N5O7S2. The molecule has 2 aliphatic rings. The Balaban J connectivity index is 1.68. The second kappa shape index (κ2) is 18.5. The van der Waals surface area contributed by atoms with Crippen molar-refractivity contribution < 1.29 is 32.3 Å². The van der Waals surface area contributed by atoms with Gasteiger partial charge in [0.25, 0.3) is 11.8 Å². The lowest BCUT2D eigenvalue weighted by atomic mass is 10.1. The van der Waals surface area contributed by atoms with Crippen LogP contribution in [-0.4, -0.2) is 99.6 Å². The van der Waals surface area contributed by atoms with Gasteiger partial charge in [-0.2, -0.15) is 11.8 Å². The van der Waals surface area contributed by atoms with Crippen LogP contribution in [0, 0.1) is 0 Å². The molecule has 4 N–H and O–H groups in total. The topological polar surface area (TPSA) is 168 Å². The third-order valence-corrected chi connectivity index (χ3v) is 10.1. The molecule has 1 fully saturated rings. The molecule has 1 saturated heterocycles. The first-order valence-electron chi connectivity index (χ1n) is 16.5. The Hall–Kier alpha value is -3.46. The van der Waals surface area contributed by atoms with Crippen LogP contribution in [0.2, 0.25) is 0 Å². The van der Waals surface area contributed by atoms with E-state index in [1.807, 2.05) is 0 Å². The third-order valence-electron chi connectivity index (χ3n) is 8.37. The predicted octanol–water partition coefficient (Wildman–Crippen LogP) is 3.55. The van der Waals surface area contributed by atoms with Crippen molar-refractivity contribution in [3.63, 3.8) is 0 Å². The summed E-state index contributed by atoms with van der Waals surface area (Å²) in [5.74, 6) is -1.12. The molecule has 0 spiro atoms. The van der Waals surface area contributed by atoms with Crippen LogP contribution in [0.3, 0.4) is 0 Å². The summed E-state index contributed by atoms with van der Waals surface area (Å²) >= 11 is 1.49. The van der Waals surface area contributed by atoms with E-state index in [0.29, 0.717) is 11.4 Å². The number of hydrogen-bond donors (Lipinski definition) is 3. The molecule has 12 nitrogen and oxygen atoms in total. The zero-order chi connectivity index (χ0) is 36.3. The molecule has 49 heavy (non-hydrogen) atoms. The lowest BCUT2D eigenvalue weighted by Crippen LogP contribution is -2.46. The summed E-state index contributed by atoms with van der Waals surface area (Å²) in [6.07, 6.45) is 11.8. The monoisotopic (exact) mass is 717 g/mol. The maximum absolute atomic E-state index is 13.8. The Bertz CT molecular complexity index is 1580. The van der Waals surface area contributed by atoms with Gasteiger partial charge in [-0.3, -0.25) is 14.4 Å².